The molecule has 0 atom stereocenters. The summed E-state index contributed by atoms with van der Waals surface area (Å²) in [5.74, 6) is 0. The Morgan fingerprint density at radius 2 is 1.80 bits per heavy atom. The summed E-state index contributed by atoms with van der Waals surface area (Å²) in [6, 6.07) is 0. The number of nitrogens with zero attached hydrogens (tertiary/aromatic N) is 1. The molecule has 0 aromatic rings. The Morgan fingerprint density at radius 1 is 1.20 bits per heavy atom. The number of methoxy groups -OCH3 is 1. The molecule has 1 aliphatic heterocycles. The number of nitrogens with one attached hydrogen (secondary N) is 1. The van der Waals surface area contributed by atoms with Crippen molar-refractivity contribution in [2.24, 2.45) is 5.41 Å². The first-order valence-corrected chi connectivity index (χ1v) is 6.18. The number of rotatable bonds is 6. The third-order valence-corrected chi connectivity index (χ3v) is 3.57. The van der Waals surface area contributed by atoms with Crippen molar-refractivity contribution in [2.45, 2.75) is 26.7 Å². The van der Waals surface area contributed by atoms with E-state index in [1.165, 1.54) is 19.4 Å². The summed E-state index contributed by atoms with van der Waals surface area (Å²) in [4.78, 5) is 2.52. The predicted octanol–water partition coefficient (Wildman–Crippen LogP) is 1.34. The minimum absolute atomic E-state index is 0.395. The maximum Gasteiger partial charge on any atom is 0.0531 e. The summed E-state index contributed by atoms with van der Waals surface area (Å²) in [6.07, 6.45) is 2.49. The average Bonchev–Trinajstić information content (AvgIpc) is 2.28. The van der Waals surface area contributed by atoms with Crippen molar-refractivity contribution >= 4 is 0 Å². The van der Waals surface area contributed by atoms with Crippen LogP contribution in [-0.2, 0) is 4.74 Å². The van der Waals surface area contributed by atoms with Gasteiger partial charge >= 0.3 is 0 Å². The molecule has 3 heteroatoms. The Hall–Kier alpha value is -0.120. The van der Waals surface area contributed by atoms with Crippen molar-refractivity contribution in [1.82, 2.24) is 10.2 Å². The molecule has 0 radical (unpaired) electrons. The zero-order valence-corrected chi connectivity index (χ0v) is 10.5. The van der Waals surface area contributed by atoms with Crippen molar-refractivity contribution < 1.29 is 4.74 Å². The molecule has 0 spiro atoms. The highest BCUT2D eigenvalue weighted by Gasteiger charge is 2.33. The summed E-state index contributed by atoms with van der Waals surface area (Å²) in [5, 5.41) is 3.43. The maximum absolute atomic E-state index is 5.42. The van der Waals surface area contributed by atoms with Crippen LogP contribution in [0.15, 0.2) is 0 Å². The molecule has 0 amide bonds. The van der Waals surface area contributed by atoms with Crippen molar-refractivity contribution in [3.05, 3.63) is 0 Å². The van der Waals surface area contributed by atoms with Crippen LogP contribution >= 0.6 is 0 Å². The van der Waals surface area contributed by atoms with Gasteiger partial charge in [0.05, 0.1) is 6.61 Å². The first-order chi connectivity index (χ1) is 7.26. The fourth-order valence-corrected chi connectivity index (χ4v) is 2.53. The quantitative estimate of drug-likeness (QED) is 0.722. The van der Waals surface area contributed by atoms with Crippen LogP contribution in [0.1, 0.15) is 26.7 Å². The summed E-state index contributed by atoms with van der Waals surface area (Å²) in [5.41, 5.74) is 0.395. The Kier molecular flexibility index (Phi) is 5.58. The van der Waals surface area contributed by atoms with Crippen LogP contribution in [0.3, 0.4) is 0 Å². The largest absolute Gasteiger partial charge is 0.384 e. The fraction of sp³-hybridized carbons (Fsp3) is 1.00. The normalized spacial score (nSPS) is 20.8. The third kappa shape index (κ3) is 3.74. The summed E-state index contributed by atoms with van der Waals surface area (Å²) >= 11 is 0. The van der Waals surface area contributed by atoms with Gasteiger partial charge in [-0.05, 0) is 39.0 Å². The van der Waals surface area contributed by atoms with Gasteiger partial charge in [-0.25, -0.2) is 0 Å². The Bertz CT molecular complexity index is 157. The van der Waals surface area contributed by atoms with E-state index < -0.39 is 0 Å². The number of hydrogen-bond donors (Lipinski definition) is 1. The molecule has 0 aromatic carbocycles. The van der Waals surface area contributed by atoms with Crippen molar-refractivity contribution in [3.63, 3.8) is 0 Å². The second kappa shape index (κ2) is 6.46. The van der Waals surface area contributed by atoms with E-state index in [0.29, 0.717) is 5.41 Å². The van der Waals surface area contributed by atoms with Crippen LogP contribution in [0, 0.1) is 5.41 Å². The van der Waals surface area contributed by atoms with Crippen LogP contribution in [0.5, 0.6) is 0 Å². The van der Waals surface area contributed by atoms with E-state index in [4.69, 9.17) is 4.74 Å². The van der Waals surface area contributed by atoms with E-state index in [-0.39, 0.29) is 0 Å². The van der Waals surface area contributed by atoms with E-state index in [1.807, 2.05) is 7.11 Å². The molecule has 0 unspecified atom stereocenters. The molecule has 1 aliphatic rings. The lowest BCUT2D eigenvalue weighted by Crippen LogP contribution is -2.47. The van der Waals surface area contributed by atoms with Gasteiger partial charge in [-0.3, -0.25) is 0 Å². The molecule has 0 aliphatic carbocycles. The molecule has 0 aromatic heterocycles. The van der Waals surface area contributed by atoms with Gasteiger partial charge in [-0.15, -0.1) is 0 Å². The molecule has 0 saturated carbocycles. The lowest BCUT2D eigenvalue weighted by molar-refractivity contribution is 0.0248. The average molecular weight is 214 g/mol. The molecular weight excluding hydrogens is 188 g/mol. The molecule has 0 bridgehead atoms. The highest BCUT2D eigenvalue weighted by molar-refractivity contribution is 4.87. The van der Waals surface area contributed by atoms with E-state index in [1.54, 1.807) is 0 Å². The molecule has 90 valence electrons. The highest BCUT2D eigenvalue weighted by atomic mass is 16.5. The van der Waals surface area contributed by atoms with Crippen molar-refractivity contribution in [2.75, 3.05) is 46.4 Å². The van der Waals surface area contributed by atoms with Gasteiger partial charge in [-0.2, -0.15) is 0 Å². The second-order valence-corrected chi connectivity index (χ2v) is 4.64. The van der Waals surface area contributed by atoms with Gasteiger partial charge in [0, 0.05) is 19.1 Å². The van der Waals surface area contributed by atoms with E-state index in [9.17, 15) is 0 Å². The zero-order valence-electron chi connectivity index (χ0n) is 10.5. The molecule has 1 heterocycles. The Balaban J connectivity index is 2.54. The summed E-state index contributed by atoms with van der Waals surface area (Å²) in [6.45, 7) is 11.2. The first kappa shape index (κ1) is 12.9. The Morgan fingerprint density at radius 3 is 2.27 bits per heavy atom. The maximum atomic E-state index is 5.42. The molecule has 15 heavy (non-hydrogen) atoms. The second-order valence-electron chi connectivity index (χ2n) is 4.64. The van der Waals surface area contributed by atoms with Crippen LogP contribution in [-0.4, -0.2) is 51.3 Å². The van der Waals surface area contributed by atoms with Gasteiger partial charge in [0.25, 0.3) is 0 Å². The van der Waals surface area contributed by atoms with Crippen molar-refractivity contribution in [3.8, 4) is 0 Å². The van der Waals surface area contributed by atoms with Crippen LogP contribution in [0.4, 0.5) is 0 Å². The zero-order chi connectivity index (χ0) is 11.1. The SMILES string of the molecule is CCN(CC)CC1(COC)CCNCC1. The van der Waals surface area contributed by atoms with E-state index in [2.05, 4.69) is 24.1 Å². The minimum Gasteiger partial charge on any atom is -0.384 e. The molecule has 1 rings (SSSR count). The standard InChI is InChI=1S/C12H26N2O/c1-4-14(5-2)10-12(11-15-3)6-8-13-9-7-12/h13H,4-11H2,1-3H3. The van der Waals surface area contributed by atoms with Gasteiger partial charge in [0.2, 0.25) is 0 Å². The predicted molar refractivity (Wildman–Crippen MR) is 64.2 cm³/mol. The molecule has 1 fully saturated rings. The van der Waals surface area contributed by atoms with Gasteiger partial charge in [0.15, 0.2) is 0 Å². The monoisotopic (exact) mass is 214 g/mol. The van der Waals surface area contributed by atoms with Crippen LogP contribution in [0.25, 0.3) is 0 Å². The molecular formula is C12H26N2O. The van der Waals surface area contributed by atoms with E-state index >= 15 is 0 Å². The summed E-state index contributed by atoms with van der Waals surface area (Å²) < 4.78 is 5.42. The molecule has 1 saturated heterocycles. The highest BCUT2D eigenvalue weighted by Crippen LogP contribution is 2.30. The smallest absolute Gasteiger partial charge is 0.0531 e. The summed E-state index contributed by atoms with van der Waals surface area (Å²) in [7, 11) is 1.83. The lowest BCUT2D eigenvalue weighted by Gasteiger charge is -2.40. The van der Waals surface area contributed by atoms with Crippen LogP contribution in [0.2, 0.25) is 0 Å². The minimum atomic E-state index is 0.395. The lowest BCUT2D eigenvalue weighted by atomic mass is 9.79. The first-order valence-electron chi connectivity index (χ1n) is 6.18. The van der Waals surface area contributed by atoms with E-state index in [0.717, 1.165) is 32.8 Å². The fourth-order valence-electron chi connectivity index (χ4n) is 2.53. The Labute approximate surface area is 94.2 Å². The van der Waals surface area contributed by atoms with Crippen molar-refractivity contribution in [1.29, 1.82) is 0 Å². The topological polar surface area (TPSA) is 24.5 Å². The number of ether oxygens (including phenoxy) is 1. The van der Waals surface area contributed by atoms with Gasteiger partial charge < -0.3 is 15.0 Å². The third-order valence-electron chi connectivity index (χ3n) is 3.57. The van der Waals surface area contributed by atoms with Gasteiger partial charge in [-0.1, -0.05) is 13.8 Å². The number of piperidine rings is 1. The molecule has 3 nitrogen and oxygen atoms in total. The van der Waals surface area contributed by atoms with Crippen LogP contribution < -0.4 is 5.32 Å². The number of hydrogen-bond acceptors (Lipinski definition) is 3. The molecule has 1 N–H and O–H groups in total. The van der Waals surface area contributed by atoms with Gasteiger partial charge in [0.1, 0.15) is 0 Å².